The average Bonchev–Trinajstić information content (AvgIpc) is 2.24. The molecule has 0 spiro atoms. The number of ether oxygens (including phenoxy) is 4. The summed E-state index contributed by atoms with van der Waals surface area (Å²) in [6.07, 6.45) is -0.208. The third-order valence-electron chi connectivity index (χ3n) is 3.35. The van der Waals surface area contributed by atoms with E-state index in [4.69, 9.17) is 18.9 Å². The van der Waals surface area contributed by atoms with E-state index in [-0.39, 0.29) is 18.5 Å². The SMILES string of the molecule is COCC1OC(OC)C(OC)C(C)C1C. The van der Waals surface area contributed by atoms with E-state index in [0.29, 0.717) is 18.4 Å². The van der Waals surface area contributed by atoms with Crippen LogP contribution in [0.2, 0.25) is 0 Å². The van der Waals surface area contributed by atoms with Crippen LogP contribution in [-0.2, 0) is 18.9 Å². The van der Waals surface area contributed by atoms with Crippen LogP contribution in [0.1, 0.15) is 13.8 Å². The van der Waals surface area contributed by atoms with Gasteiger partial charge in [0.15, 0.2) is 6.29 Å². The van der Waals surface area contributed by atoms with Gasteiger partial charge in [0.05, 0.1) is 12.7 Å². The highest BCUT2D eigenvalue weighted by Gasteiger charge is 2.41. The van der Waals surface area contributed by atoms with Crippen molar-refractivity contribution in [2.24, 2.45) is 11.8 Å². The molecule has 1 aliphatic heterocycles. The summed E-state index contributed by atoms with van der Waals surface area (Å²) in [5.41, 5.74) is 0. The number of methoxy groups -OCH3 is 3. The zero-order valence-electron chi connectivity index (χ0n) is 10.2. The van der Waals surface area contributed by atoms with Crippen molar-refractivity contribution in [2.45, 2.75) is 32.3 Å². The van der Waals surface area contributed by atoms with Crippen LogP contribution < -0.4 is 0 Å². The lowest BCUT2D eigenvalue weighted by molar-refractivity contribution is -0.272. The van der Waals surface area contributed by atoms with Crippen molar-refractivity contribution < 1.29 is 18.9 Å². The fourth-order valence-electron chi connectivity index (χ4n) is 2.13. The summed E-state index contributed by atoms with van der Waals surface area (Å²) < 4.78 is 21.6. The van der Waals surface area contributed by atoms with E-state index in [1.54, 1.807) is 21.3 Å². The van der Waals surface area contributed by atoms with Crippen LogP contribution in [0.5, 0.6) is 0 Å². The molecule has 5 unspecified atom stereocenters. The van der Waals surface area contributed by atoms with Crippen LogP contribution in [-0.4, -0.2) is 46.4 Å². The maximum atomic E-state index is 5.79. The van der Waals surface area contributed by atoms with E-state index < -0.39 is 0 Å². The number of rotatable bonds is 4. The van der Waals surface area contributed by atoms with E-state index in [2.05, 4.69) is 13.8 Å². The molecule has 0 bridgehead atoms. The molecule has 0 aromatic carbocycles. The molecule has 15 heavy (non-hydrogen) atoms. The van der Waals surface area contributed by atoms with Gasteiger partial charge in [-0.2, -0.15) is 0 Å². The van der Waals surface area contributed by atoms with Crippen LogP contribution in [0.15, 0.2) is 0 Å². The van der Waals surface area contributed by atoms with Crippen molar-refractivity contribution in [3.8, 4) is 0 Å². The van der Waals surface area contributed by atoms with Crippen LogP contribution >= 0.6 is 0 Å². The summed E-state index contributed by atoms with van der Waals surface area (Å²) in [5.74, 6) is 0.801. The second-order valence-electron chi connectivity index (χ2n) is 4.15. The standard InChI is InChI=1S/C11H22O4/c1-7-8(2)10(13-4)11(14-5)15-9(7)6-12-3/h7-11H,6H2,1-5H3. The van der Waals surface area contributed by atoms with Crippen molar-refractivity contribution in [1.29, 1.82) is 0 Å². The minimum absolute atomic E-state index is 0.00175. The molecular weight excluding hydrogens is 196 g/mol. The van der Waals surface area contributed by atoms with Crippen molar-refractivity contribution in [2.75, 3.05) is 27.9 Å². The summed E-state index contributed by atoms with van der Waals surface area (Å²) in [6.45, 7) is 4.92. The molecule has 1 aliphatic rings. The largest absolute Gasteiger partial charge is 0.382 e. The maximum Gasteiger partial charge on any atom is 0.184 e. The fraction of sp³-hybridized carbons (Fsp3) is 1.00. The van der Waals surface area contributed by atoms with Crippen molar-refractivity contribution in [3.63, 3.8) is 0 Å². The Morgan fingerprint density at radius 2 is 1.67 bits per heavy atom. The molecule has 4 heteroatoms. The Kier molecular flexibility index (Phi) is 4.99. The first-order chi connectivity index (χ1) is 7.15. The van der Waals surface area contributed by atoms with Gasteiger partial charge in [-0.15, -0.1) is 0 Å². The van der Waals surface area contributed by atoms with Gasteiger partial charge in [-0.05, 0) is 11.8 Å². The molecule has 1 rings (SSSR count). The predicted octanol–water partition coefficient (Wildman–Crippen LogP) is 1.29. The zero-order chi connectivity index (χ0) is 11.4. The minimum Gasteiger partial charge on any atom is -0.382 e. The van der Waals surface area contributed by atoms with E-state index in [1.807, 2.05) is 0 Å². The molecule has 4 nitrogen and oxygen atoms in total. The lowest BCUT2D eigenvalue weighted by Gasteiger charge is -2.43. The molecule has 0 N–H and O–H groups in total. The first-order valence-corrected chi connectivity index (χ1v) is 5.35. The summed E-state index contributed by atoms with van der Waals surface area (Å²) in [6, 6.07) is 0. The van der Waals surface area contributed by atoms with Crippen molar-refractivity contribution in [3.05, 3.63) is 0 Å². The molecule has 5 atom stereocenters. The van der Waals surface area contributed by atoms with Gasteiger partial charge in [0, 0.05) is 21.3 Å². The second kappa shape index (κ2) is 5.80. The summed E-state index contributed by atoms with van der Waals surface area (Å²) in [4.78, 5) is 0. The van der Waals surface area contributed by atoms with E-state index in [9.17, 15) is 0 Å². The Balaban J connectivity index is 2.68. The quantitative estimate of drug-likeness (QED) is 0.712. The third kappa shape index (κ3) is 2.69. The molecule has 0 radical (unpaired) electrons. The highest BCUT2D eigenvalue weighted by molar-refractivity contribution is 4.85. The van der Waals surface area contributed by atoms with Gasteiger partial charge in [-0.25, -0.2) is 0 Å². The molecule has 0 aromatic rings. The van der Waals surface area contributed by atoms with E-state index >= 15 is 0 Å². The van der Waals surface area contributed by atoms with Crippen LogP contribution in [0.3, 0.4) is 0 Å². The molecule has 0 saturated carbocycles. The monoisotopic (exact) mass is 218 g/mol. The minimum atomic E-state index is -0.290. The fourth-order valence-corrected chi connectivity index (χ4v) is 2.13. The van der Waals surface area contributed by atoms with Crippen LogP contribution in [0.4, 0.5) is 0 Å². The highest BCUT2D eigenvalue weighted by Crippen LogP contribution is 2.32. The zero-order valence-corrected chi connectivity index (χ0v) is 10.2. The molecule has 0 aromatic heterocycles. The van der Waals surface area contributed by atoms with Gasteiger partial charge in [0.2, 0.25) is 0 Å². The number of hydrogen-bond acceptors (Lipinski definition) is 4. The van der Waals surface area contributed by atoms with Crippen molar-refractivity contribution in [1.82, 2.24) is 0 Å². The molecule has 0 aliphatic carbocycles. The highest BCUT2D eigenvalue weighted by atomic mass is 16.7. The van der Waals surface area contributed by atoms with Gasteiger partial charge < -0.3 is 18.9 Å². The topological polar surface area (TPSA) is 36.9 Å². The van der Waals surface area contributed by atoms with Gasteiger partial charge >= 0.3 is 0 Å². The first kappa shape index (κ1) is 12.9. The smallest absolute Gasteiger partial charge is 0.184 e. The number of hydrogen-bond donors (Lipinski definition) is 0. The van der Waals surface area contributed by atoms with Gasteiger partial charge in [0.25, 0.3) is 0 Å². The maximum absolute atomic E-state index is 5.79. The summed E-state index contributed by atoms with van der Waals surface area (Å²) in [7, 11) is 5.02. The Hall–Kier alpha value is -0.160. The van der Waals surface area contributed by atoms with Crippen LogP contribution in [0.25, 0.3) is 0 Å². The Bertz CT molecular complexity index is 181. The Labute approximate surface area is 91.8 Å². The Morgan fingerprint density at radius 1 is 1.00 bits per heavy atom. The summed E-state index contributed by atoms with van der Waals surface area (Å²) >= 11 is 0. The second-order valence-corrected chi connectivity index (χ2v) is 4.15. The first-order valence-electron chi connectivity index (χ1n) is 5.35. The molecule has 1 heterocycles. The van der Waals surface area contributed by atoms with Gasteiger partial charge in [0.1, 0.15) is 6.10 Å². The molecule has 1 fully saturated rings. The summed E-state index contributed by atoms with van der Waals surface area (Å²) in [5, 5.41) is 0. The molecular formula is C11H22O4. The van der Waals surface area contributed by atoms with E-state index in [1.165, 1.54) is 0 Å². The lowest BCUT2D eigenvalue weighted by Crippen LogP contribution is -2.52. The molecule has 0 amide bonds. The third-order valence-corrected chi connectivity index (χ3v) is 3.35. The lowest BCUT2D eigenvalue weighted by atomic mass is 9.83. The molecule has 90 valence electrons. The molecule has 1 saturated heterocycles. The van der Waals surface area contributed by atoms with Gasteiger partial charge in [-0.1, -0.05) is 13.8 Å². The predicted molar refractivity (Wildman–Crippen MR) is 56.7 cm³/mol. The Morgan fingerprint density at radius 3 is 2.13 bits per heavy atom. The van der Waals surface area contributed by atoms with Crippen LogP contribution in [0, 0.1) is 11.8 Å². The van der Waals surface area contributed by atoms with E-state index in [0.717, 1.165) is 0 Å². The van der Waals surface area contributed by atoms with Crippen molar-refractivity contribution >= 4 is 0 Å². The van der Waals surface area contributed by atoms with Gasteiger partial charge in [-0.3, -0.25) is 0 Å². The normalized spacial score (nSPS) is 41.8. The average molecular weight is 218 g/mol.